The van der Waals surface area contributed by atoms with Crippen LogP contribution in [0.1, 0.15) is 35.7 Å². The molecule has 0 aliphatic carbocycles. The summed E-state index contributed by atoms with van der Waals surface area (Å²) in [5, 5.41) is 7.10. The summed E-state index contributed by atoms with van der Waals surface area (Å²) in [6.45, 7) is 0. The van der Waals surface area contributed by atoms with E-state index in [2.05, 4.69) is 15.2 Å². The Morgan fingerprint density at radius 3 is 2.82 bits per heavy atom. The van der Waals surface area contributed by atoms with Gasteiger partial charge in [-0.1, -0.05) is 11.6 Å². The first-order chi connectivity index (χ1) is 10.4. The molecule has 22 heavy (non-hydrogen) atoms. The Hall–Kier alpha value is -1.76. The molecular weight excluding hydrogens is 317 g/mol. The molecule has 2 unspecified atom stereocenters. The molecule has 1 saturated heterocycles. The fourth-order valence-electron chi connectivity index (χ4n) is 3.49. The lowest BCUT2D eigenvalue weighted by Gasteiger charge is -2.36. The SMILES string of the molecule is FC(F)(F)c1cnc(N2C3CCC2c2cn[nH]c2C3)c(Cl)c1. The second kappa shape index (κ2) is 4.62. The van der Waals surface area contributed by atoms with Crippen LogP contribution in [0.25, 0.3) is 0 Å². The second-order valence-electron chi connectivity index (χ2n) is 5.69. The highest BCUT2D eigenvalue weighted by molar-refractivity contribution is 6.33. The molecule has 4 rings (SSSR count). The van der Waals surface area contributed by atoms with E-state index < -0.39 is 11.7 Å². The number of pyridine rings is 1. The third kappa shape index (κ3) is 1.99. The minimum absolute atomic E-state index is 0.0404. The zero-order valence-electron chi connectivity index (χ0n) is 11.4. The van der Waals surface area contributed by atoms with E-state index in [1.54, 1.807) is 6.20 Å². The summed E-state index contributed by atoms with van der Waals surface area (Å²) >= 11 is 6.10. The third-order valence-electron chi connectivity index (χ3n) is 4.45. The Kier molecular flexibility index (Phi) is 2.91. The standard InChI is InChI=1S/C14H12ClF3N4/c15-10-3-7(14(16,17)18)5-19-13(10)22-8-1-2-12(22)9-6-20-21-11(9)4-8/h3,5-6,8,12H,1-2,4H2,(H,20,21). The van der Waals surface area contributed by atoms with Gasteiger partial charge in [-0.3, -0.25) is 5.10 Å². The molecule has 2 aliphatic rings. The van der Waals surface area contributed by atoms with Crippen molar-refractivity contribution in [2.24, 2.45) is 0 Å². The van der Waals surface area contributed by atoms with Crippen molar-refractivity contribution in [3.63, 3.8) is 0 Å². The van der Waals surface area contributed by atoms with Gasteiger partial charge in [-0.2, -0.15) is 18.3 Å². The van der Waals surface area contributed by atoms with Gasteiger partial charge in [0.2, 0.25) is 0 Å². The van der Waals surface area contributed by atoms with Crippen LogP contribution in [0.5, 0.6) is 0 Å². The number of aromatic nitrogens is 3. The van der Waals surface area contributed by atoms with Crippen LogP contribution >= 0.6 is 11.6 Å². The number of anilines is 1. The van der Waals surface area contributed by atoms with Gasteiger partial charge in [0.05, 0.1) is 22.8 Å². The van der Waals surface area contributed by atoms with E-state index >= 15 is 0 Å². The number of nitrogens with one attached hydrogen (secondary N) is 1. The van der Waals surface area contributed by atoms with Gasteiger partial charge in [-0.25, -0.2) is 4.98 Å². The summed E-state index contributed by atoms with van der Waals surface area (Å²) in [5.74, 6) is 0.425. The maximum atomic E-state index is 12.7. The Labute approximate surface area is 129 Å². The first-order valence-electron chi connectivity index (χ1n) is 6.98. The van der Waals surface area contributed by atoms with Crippen molar-refractivity contribution in [3.8, 4) is 0 Å². The van der Waals surface area contributed by atoms with Crippen LogP contribution in [0.2, 0.25) is 5.02 Å². The predicted octanol–water partition coefficient (Wildman–Crippen LogP) is 3.74. The molecule has 4 nitrogen and oxygen atoms in total. The number of nitrogens with zero attached hydrogens (tertiary/aromatic N) is 3. The summed E-state index contributed by atoms with van der Waals surface area (Å²) < 4.78 is 38.2. The van der Waals surface area contributed by atoms with E-state index in [-0.39, 0.29) is 17.1 Å². The molecule has 1 fully saturated rings. The van der Waals surface area contributed by atoms with Crippen molar-refractivity contribution in [2.75, 3.05) is 4.90 Å². The van der Waals surface area contributed by atoms with E-state index in [0.717, 1.165) is 42.8 Å². The molecule has 2 atom stereocenters. The number of halogens is 4. The molecule has 0 amide bonds. The highest BCUT2D eigenvalue weighted by Crippen LogP contribution is 2.47. The zero-order valence-corrected chi connectivity index (χ0v) is 12.1. The molecular formula is C14H12ClF3N4. The van der Waals surface area contributed by atoms with Gasteiger partial charge < -0.3 is 4.90 Å². The molecule has 1 N–H and O–H groups in total. The van der Waals surface area contributed by atoms with Crippen LogP contribution in [0.4, 0.5) is 19.0 Å². The van der Waals surface area contributed by atoms with Crippen molar-refractivity contribution >= 4 is 17.4 Å². The second-order valence-corrected chi connectivity index (χ2v) is 6.10. The van der Waals surface area contributed by atoms with Gasteiger partial charge >= 0.3 is 6.18 Å². The van der Waals surface area contributed by atoms with Gasteiger partial charge in [-0.05, 0) is 18.9 Å². The zero-order chi connectivity index (χ0) is 15.5. The quantitative estimate of drug-likeness (QED) is 0.867. The summed E-state index contributed by atoms with van der Waals surface area (Å²) in [7, 11) is 0. The Balaban J connectivity index is 1.75. The molecule has 0 spiro atoms. The lowest BCUT2D eigenvalue weighted by Crippen LogP contribution is -2.38. The van der Waals surface area contributed by atoms with Gasteiger partial charge in [0.25, 0.3) is 0 Å². The average molecular weight is 329 g/mol. The lowest BCUT2D eigenvalue weighted by molar-refractivity contribution is -0.137. The minimum atomic E-state index is -4.44. The molecule has 2 aliphatic heterocycles. The first-order valence-corrected chi connectivity index (χ1v) is 7.36. The highest BCUT2D eigenvalue weighted by Gasteiger charge is 2.42. The molecule has 8 heteroatoms. The number of alkyl halides is 3. The van der Waals surface area contributed by atoms with Crippen molar-refractivity contribution < 1.29 is 13.2 Å². The number of fused-ring (bicyclic) bond motifs is 4. The Morgan fingerprint density at radius 2 is 2.09 bits per heavy atom. The molecule has 0 saturated carbocycles. The van der Waals surface area contributed by atoms with E-state index in [1.807, 2.05) is 4.90 Å². The number of hydrogen-bond donors (Lipinski definition) is 1. The molecule has 2 aromatic rings. The maximum Gasteiger partial charge on any atom is 0.417 e. The van der Waals surface area contributed by atoms with Gasteiger partial charge in [0.1, 0.15) is 5.82 Å². The summed E-state index contributed by atoms with van der Waals surface area (Å²) in [6.07, 6.45) is 0.874. The van der Waals surface area contributed by atoms with E-state index in [0.29, 0.717) is 5.82 Å². The van der Waals surface area contributed by atoms with Crippen LogP contribution in [-0.4, -0.2) is 21.2 Å². The molecule has 0 aromatic carbocycles. The van der Waals surface area contributed by atoms with Crippen LogP contribution < -0.4 is 4.90 Å². The van der Waals surface area contributed by atoms with Crippen LogP contribution in [-0.2, 0) is 12.6 Å². The smallest absolute Gasteiger partial charge is 0.345 e. The molecule has 0 radical (unpaired) electrons. The highest BCUT2D eigenvalue weighted by atomic mass is 35.5. The largest absolute Gasteiger partial charge is 0.417 e. The average Bonchev–Trinajstić information content (AvgIpc) is 3.03. The molecule has 116 valence electrons. The van der Waals surface area contributed by atoms with Crippen molar-refractivity contribution in [1.82, 2.24) is 15.2 Å². The number of H-pyrrole nitrogens is 1. The van der Waals surface area contributed by atoms with Crippen LogP contribution in [0.15, 0.2) is 18.5 Å². The Morgan fingerprint density at radius 1 is 1.27 bits per heavy atom. The third-order valence-corrected chi connectivity index (χ3v) is 4.72. The van der Waals surface area contributed by atoms with Gasteiger partial charge in [0.15, 0.2) is 0 Å². The number of rotatable bonds is 1. The predicted molar refractivity (Wildman–Crippen MR) is 74.8 cm³/mol. The summed E-state index contributed by atoms with van der Waals surface area (Å²) in [6, 6.07) is 1.22. The number of hydrogen-bond acceptors (Lipinski definition) is 3. The monoisotopic (exact) mass is 328 g/mol. The van der Waals surface area contributed by atoms with Crippen LogP contribution in [0, 0.1) is 0 Å². The molecule has 4 heterocycles. The van der Waals surface area contributed by atoms with Crippen molar-refractivity contribution in [1.29, 1.82) is 0 Å². The van der Waals surface area contributed by atoms with Gasteiger partial charge in [-0.15, -0.1) is 0 Å². The van der Waals surface area contributed by atoms with Crippen molar-refractivity contribution in [2.45, 2.75) is 37.5 Å². The summed E-state index contributed by atoms with van der Waals surface area (Å²) in [4.78, 5) is 6.05. The topological polar surface area (TPSA) is 44.8 Å². The van der Waals surface area contributed by atoms with Crippen molar-refractivity contribution in [3.05, 3.63) is 40.3 Å². The maximum absolute atomic E-state index is 12.7. The normalized spacial score (nSPS) is 23.7. The van der Waals surface area contributed by atoms with Gasteiger partial charge in [0, 0.05) is 29.9 Å². The minimum Gasteiger partial charge on any atom is -0.345 e. The van der Waals surface area contributed by atoms with E-state index in [1.165, 1.54) is 0 Å². The first kappa shape index (κ1) is 13.9. The Bertz CT molecular complexity index is 727. The van der Waals surface area contributed by atoms with E-state index in [4.69, 9.17) is 11.6 Å². The summed E-state index contributed by atoms with van der Waals surface area (Å²) in [5.41, 5.74) is 1.37. The molecule has 2 aromatic heterocycles. The van der Waals surface area contributed by atoms with E-state index in [9.17, 15) is 13.2 Å². The van der Waals surface area contributed by atoms with Crippen LogP contribution in [0.3, 0.4) is 0 Å². The fourth-order valence-corrected chi connectivity index (χ4v) is 3.76. The molecule has 2 bridgehead atoms. The number of aromatic amines is 1. The lowest BCUT2D eigenvalue weighted by atomic mass is 10.0. The fraction of sp³-hybridized carbons (Fsp3) is 0.429.